The number of benzene rings is 2. The Kier molecular flexibility index (Phi) is 6.95. The molecule has 2 aromatic carbocycles. The van der Waals surface area contributed by atoms with Gasteiger partial charge in [0.15, 0.2) is 18.1 Å². The van der Waals surface area contributed by atoms with Crippen LogP contribution in [0.4, 0.5) is 4.39 Å². The average molecular weight is 474 g/mol. The first-order chi connectivity index (χ1) is 11.9. The van der Waals surface area contributed by atoms with E-state index in [0.29, 0.717) is 27.2 Å². The van der Waals surface area contributed by atoms with Gasteiger partial charge in [0.1, 0.15) is 5.82 Å². The second-order valence-corrected chi connectivity index (χ2v) is 6.72. The number of ether oxygens (including phenoxy) is 2. The molecule has 1 amide bonds. The highest BCUT2D eigenvalue weighted by molar-refractivity contribution is 9.11. The molecular formula is C17H15Br2FN2O3. The molecule has 132 valence electrons. The van der Waals surface area contributed by atoms with Crippen LogP contribution in [0.25, 0.3) is 0 Å². The number of hydrazone groups is 1. The van der Waals surface area contributed by atoms with E-state index in [1.165, 1.54) is 19.2 Å². The number of rotatable bonds is 6. The van der Waals surface area contributed by atoms with Gasteiger partial charge in [-0.2, -0.15) is 5.10 Å². The quantitative estimate of drug-likeness (QED) is 0.503. The zero-order valence-electron chi connectivity index (χ0n) is 13.5. The van der Waals surface area contributed by atoms with E-state index >= 15 is 0 Å². The Morgan fingerprint density at radius 3 is 2.56 bits per heavy atom. The van der Waals surface area contributed by atoms with Crippen LogP contribution in [0.5, 0.6) is 11.5 Å². The van der Waals surface area contributed by atoms with Crippen LogP contribution >= 0.6 is 31.9 Å². The molecular weight excluding hydrogens is 459 g/mol. The van der Waals surface area contributed by atoms with Gasteiger partial charge in [-0.1, -0.05) is 28.1 Å². The number of carbonyl (C=O) groups is 1. The van der Waals surface area contributed by atoms with Crippen LogP contribution in [0, 0.1) is 5.82 Å². The van der Waals surface area contributed by atoms with Gasteiger partial charge in [-0.15, -0.1) is 0 Å². The molecule has 0 aliphatic rings. The lowest BCUT2D eigenvalue weighted by Gasteiger charge is -2.12. The molecule has 0 spiro atoms. The van der Waals surface area contributed by atoms with Gasteiger partial charge in [0.25, 0.3) is 5.91 Å². The number of hydrogen-bond donors (Lipinski definition) is 1. The Bertz CT molecular complexity index is 795. The SMILES string of the molecule is COc1cc(Br)cc(Br)c1OCC(=O)N/N=C(\C)c1ccc(F)cc1. The third-order valence-electron chi connectivity index (χ3n) is 3.15. The summed E-state index contributed by atoms with van der Waals surface area (Å²) in [5, 5.41) is 3.98. The first-order valence-electron chi connectivity index (χ1n) is 7.15. The number of methoxy groups -OCH3 is 1. The summed E-state index contributed by atoms with van der Waals surface area (Å²) >= 11 is 6.71. The summed E-state index contributed by atoms with van der Waals surface area (Å²) in [6.07, 6.45) is 0. The summed E-state index contributed by atoms with van der Waals surface area (Å²) < 4.78 is 25.1. The highest BCUT2D eigenvalue weighted by Gasteiger charge is 2.13. The van der Waals surface area contributed by atoms with Gasteiger partial charge >= 0.3 is 0 Å². The van der Waals surface area contributed by atoms with Crippen LogP contribution in [0.2, 0.25) is 0 Å². The molecule has 0 saturated heterocycles. The zero-order valence-corrected chi connectivity index (χ0v) is 16.6. The minimum Gasteiger partial charge on any atom is -0.493 e. The lowest BCUT2D eigenvalue weighted by molar-refractivity contribution is -0.123. The van der Waals surface area contributed by atoms with E-state index in [-0.39, 0.29) is 12.4 Å². The number of nitrogens with zero attached hydrogens (tertiary/aromatic N) is 1. The maximum absolute atomic E-state index is 12.9. The molecule has 0 atom stereocenters. The molecule has 5 nitrogen and oxygen atoms in total. The fourth-order valence-electron chi connectivity index (χ4n) is 1.90. The Labute approximate surface area is 161 Å². The molecule has 8 heteroatoms. The van der Waals surface area contributed by atoms with E-state index in [1.54, 1.807) is 31.2 Å². The Balaban J connectivity index is 1.97. The number of hydrogen-bond acceptors (Lipinski definition) is 4. The molecule has 0 aromatic heterocycles. The normalized spacial score (nSPS) is 11.2. The molecule has 0 bridgehead atoms. The smallest absolute Gasteiger partial charge is 0.277 e. The lowest BCUT2D eigenvalue weighted by atomic mass is 10.1. The highest BCUT2D eigenvalue weighted by atomic mass is 79.9. The molecule has 25 heavy (non-hydrogen) atoms. The molecule has 0 radical (unpaired) electrons. The number of nitrogens with one attached hydrogen (secondary N) is 1. The van der Waals surface area contributed by atoms with Gasteiger partial charge in [-0.05, 0) is 52.7 Å². The second kappa shape index (κ2) is 8.96. The molecule has 1 N–H and O–H groups in total. The van der Waals surface area contributed by atoms with Crippen molar-refractivity contribution in [3.8, 4) is 11.5 Å². The van der Waals surface area contributed by atoms with Gasteiger partial charge in [0, 0.05) is 4.47 Å². The third kappa shape index (κ3) is 5.54. The van der Waals surface area contributed by atoms with Crippen molar-refractivity contribution in [1.82, 2.24) is 5.43 Å². The van der Waals surface area contributed by atoms with E-state index in [2.05, 4.69) is 42.4 Å². The van der Waals surface area contributed by atoms with Crippen molar-refractivity contribution in [3.05, 3.63) is 56.7 Å². The van der Waals surface area contributed by atoms with Gasteiger partial charge in [0.2, 0.25) is 0 Å². The monoisotopic (exact) mass is 472 g/mol. The van der Waals surface area contributed by atoms with Crippen LogP contribution < -0.4 is 14.9 Å². The fraction of sp³-hybridized carbons (Fsp3) is 0.176. The molecule has 0 saturated carbocycles. The summed E-state index contributed by atoms with van der Waals surface area (Å²) in [4.78, 5) is 11.9. The largest absolute Gasteiger partial charge is 0.493 e. The van der Waals surface area contributed by atoms with Crippen LogP contribution in [0.3, 0.4) is 0 Å². The standard InChI is InChI=1S/C17H15Br2FN2O3/c1-10(11-3-5-13(20)6-4-11)21-22-16(23)9-25-17-14(19)7-12(18)8-15(17)24-2/h3-8H,9H2,1-2H3,(H,22,23)/b21-10+. The minimum absolute atomic E-state index is 0.239. The van der Waals surface area contributed by atoms with E-state index in [0.717, 1.165) is 4.47 Å². The van der Waals surface area contributed by atoms with E-state index in [4.69, 9.17) is 9.47 Å². The van der Waals surface area contributed by atoms with Crippen molar-refractivity contribution in [2.45, 2.75) is 6.92 Å². The van der Waals surface area contributed by atoms with Gasteiger partial charge in [-0.25, -0.2) is 9.82 Å². The van der Waals surface area contributed by atoms with E-state index < -0.39 is 5.91 Å². The first-order valence-corrected chi connectivity index (χ1v) is 8.74. The van der Waals surface area contributed by atoms with Crippen LogP contribution in [0.15, 0.2) is 50.4 Å². The Morgan fingerprint density at radius 1 is 1.24 bits per heavy atom. The summed E-state index contributed by atoms with van der Waals surface area (Å²) in [7, 11) is 1.51. The summed E-state index contributed by atoms with van der Waals surface area (Å²) in [6.45, 7) is 1.47. The lowest BCUT2D eigenvalue weighted by Crippen LogP contribution is -2.25. The van der Waals surface area contributed by atoms with Crippen LogP contribution in [0.1, 0.15) is 12.5 Å². The van der Waals surface area contributed by atoms with E-state index in [9.17, 15) is 9.18 Å². The fourth-order valence-corrected chi connectivity index (χ4v) is 3.20. The van der Waals surface area contributed by atoms with Gasteiger partial charge < -0.3 is 9.47 Å². The van der Waals surface area contributed by atoms with Crippen molar-refractivity contribution in [2.75, 3.05) is 13.7 Å². The summed E-state index contributed by atoms with van der Waals surface area (Å²) in [5.74, 6) is 0.140. The van der Waals surface area contributed by atoms with Crippen molar-refractivity contribution in [3.63, 3.8) is 0 Å². The molecule has 0 aliphatic carbocycles. The zero-order chi connectivity index (χ0) is 18.4. The van der Waals surface area contributed by atoms with Crippen LogP contribution in [-0.4, -0.2) is 25.3 Å². The van der Waals surface area contributed by atoms with Gasteiger partial charge in [0.05, 0.1) is 17.3 Å². The van der Waals surface area contributed by atoms with Crippen LogP contribution in [-0.2, 0) is 4.79 Å². The molecule has 0 fully saturated rings. The Hall–Kier alpha value is -1.93. The van der Waals surface area contributed by atoms with Crippen molar-refractivity contribution in [1.29, 1.82) is 0 Å². The molecule has 0 heterocycles. The maximum atomic E-state index is 12.9. The van der Waals surface area contributed by atoms with Gasteiger partial charge in [-0.3, -0.25) is 4.79 Å². The third-order valence-corrected chi connectivity index (χ3v) is 4.20. The topological polar surface area (TPSA) is 59.9 Å². The maximum Gasteiger partial charge on any atom is 0.277 e. The highest BCUT2D eigenvalue weighted by Crippen LogP contribution is 2.38. The Morgan fingerprint density at radius 2 is 1.92 bits per heavy atom. The first kappa shape index (κ1) is 19.4. The molecule has 0 aliphatic heterocycles. The van der Waals surface area contributed by atoms with E-state index in [1.807, 2.05) is 0 Å². The van der Waals surface area contributed by atoms with Crippen molar-refractivity contribution >= 4 is 43.5 Å². The summed E-state index contributed by atoms with van der Waals surface area (Å²) in [5.41, 5.74) is 3.66. The molecule has 2 aromatic rings. The number of amides is 1. The predicted octanol–water partition coefficient (Wildman–Crippen LogP) is 4.28. The predicted molar refractivity (Wildman–Crippen MR) is 101 cm³/mol. The number of carbonyl (C=O) groups excluding carboxylic acids is 1. The number of halogens is 3. The molecule has 0 unspecified atom stereocenters. The second-order valence-electron chi connectivity index (χ2n) is 4.95. The average Bonchev–Trinajstić information content (AvgIpc) is 2.58. The van der Waals surface area contributed by atoms with Crippen molar-refractivity contribution < 1.29 is 18.7 Å². The minimum atomic E-state index is -0.432. The molecule has 2 rings (SSSR count). The summed E-state index contributed by atoms with van der Waals surface area (Å²) in [6, 6.07) is 9.34. The van der Waals surface area contributed by atoms with Crippen molar-refractivity contribution in [2.24, 2.45) is 5.10 Å².